The molecule has 0 aromatic carbocycles. The summed E-state index contributed by atoms with van der Waals surface area (Å²) in [6.07, 6.45) is 6.40. The molecule has 2 aliphatic rings. The van der Waals surface area contributed by atoms with E-state index in [1.165, 1.54) is 18.4 Å². The van der Waals surface area contributed by atoms with Gasteiger partial charge in [0.1, 0.15) is 11.3 Å². The van der Waals surface area contributed by atoms with Gasteiger partial charge in [0.25, 0.3) is 0 Å². The van der Waals surface area contributed by atoms with E-state index in [1.54, 1.807) is 0 Å². The van der Waals surface area contributed by atoms with Crippen molar-refractivity contribution >= 4 is 11.2 Å². The maximum Gasteiger partial charge on any atom is 0.157 e. The highest BCUT2D eigenvalue weighted by atomic mass is 16.5. The molecule has 4 heterocycles. The highest BCUT2D eigenvalue weighted by molar-refractivity contribution is 5.75. The molecular weight excluding hydrogens is 276 g/mol. The third-order valence-electron chi connectivity index (χ3n) is 5.11. The average molecular weight is 300 g/mol. The number of fused-ring (bicyclic) bond motifs is 1. The van der Waals surface area contributed by atoms with Gasteiger partial charge >= 0.3 is 0 Å². The van der Waals surface area contributed by atoms with E-state index >= 15 is 0 Å². The van der Waals surface area contributed by atoms with Crippen LogP contribution in [-0.4, -0.2) is 40.8 Å². The van der Waals surface area contributed by atoms with Crippen LogP contribution in [0.4, 0.5) is 0 Å². The molecule has 2 fully saturated rings. The Labute approximate surface area is 130 Å². The van der Waals surface area contributed by atoms with E-state index in [4.69, 9.17) is 9.72 Å². The van der Waals surface area contributed by atoms with Crippen molar-refractivity contribution in [1.29, 1.82) is 0 Å². The summed E-state index contributed by atoms with van der Waals surface area (Å²) in [6, 6.07) is 2.75. The van der Waals surface area contributed by atoms with Crippen molar-refractivity contribution in [1.82, 2.24) is 20.3 Å². The van der Waals surface area contributed by atoms with Crippen LogP contribution in [0.1, 0.15) is 55.8 Å². The van der Waals surface area contributed by atoms with Gasteiger partial charge in [-0.3, -0.25) is 0 Å². The zero-order valence-electron chi connectivity index (χ0n) is 13.1. The van der Waals surface area contributed by atoms with E-state index < -0.39 is 0 Å². The number of hydrogen-bond donors (Lipinski definition) is 2. The smallest absolute Gasteiger partial charge is 0.157 e. The Hall–Kier alpha value is -1.46. The number of nitrogens with one attached hydrogen (secondary N) is 2. The fourth-order valence-corrected chi connectivity index (χ4v) is 3.86. The molecule has 0 saturated carbocycles. The summed E-state index contributed by atoms with van der Waals surface area (Å²) in [7, 11) is 0. The van der Waals surface area contributed by atoms with Crippen LogP contribution in [0.2, 0.25) is 0 Å². The molecule has 2 N–H and O–H groups in total. The van der Waals surface area contributed by atoms with Crippen molar-refractivity contribution < 1.29 is 4.74 Å². The van der Waals surface area contributed by atoms with Crippen LogP contribution in [0, 0.1) is 0 Å². The molecule has 2 atom stereocenters. The predicted octanol–water partition coefficient (Wildman–Crippen LogP) is 2.71. The quantitative estimate of drug-likeness (QED) is 0.895. The Morgan fingerprint density at radius 1 is 1.18 bits per heavy atom. The lowest BCUT2D eigenvalue weighted by Crippen LogP contribution is -2.34. The molecule has 2 saturated heterocycles. The highest BCUT2D eigenvalue weighted by Crippen LogP contribution is 2.33. The Morgan fingerprint density at radius 3 is 2.86 bits per heavy atom. The standard InChI is InChI=1S/C17H24N4O/c1-11-10-13(2-6-18-11)14-3-7-19-17-15(14)20-16(21-17)12-4-8-22-9-5-12/h3,7,11-13,18H,2,4-6,8-10H2,1H3,(H,19,20,21). The molecule has 4 rings (SSSR count). The molecule has 2 aliphatic heterocycles. The molecule has 0 radical (unpaired) electrons. The van der Waals surface area contributed by atoms with Crippen LogP contribution in [0.5, 0.6) is 0 Å². The molecule has 2 aromatic rings. The number of H-pyrrole nitrogens is 1. The summed E-state index contributed by atoms with van der Waals surface area (Å²) in [6.45, 7) is 5.04. The van der Waals surface area contributed by atoms with Crippen LogP contribution >= 0.6 is 0 Å². The molecule has 0 spiro atoms. The number of ether oxygens (including phenoxy) is 1. The van der Waals surface area contributed by atoms with Crippen molar-refractivity contribution in [3.63, 3.8) is 0 Å². The van der Waals surface area contributed by atoms with Crippen molar-refractivity contribution in [3.05, 3.63) is 23.7 Å². The first kappa shape index (κ1) is 14.2. The second kappa shape index (κ2) is 5.97. The summed E-state index contributed by atoms with van der Waals surface area (Å²) in [5.74, 6) is 2.18. The molecule has 5 nitrogen and oxygen atoms in total. The van der Waals surface area contributed by atoms with Crippen LogP contribution in [0.3, 0.4) is 0 Å². The minimum atomic E-state index is 0.489. The summed E-state index contributed by atoms with van der Waals surface area (Å²) in [5, 5.41) is 3.53. The van der Waals surface area contributed by atoms with Crippen molar-refractivity contribution in [2.75, 3.05) is 19.8 Å². The van der Waals surface area contributed by atoms with Gasteiger partial charge in [0.15, 0.2) is 5.65 Å². The minimum Gasteiger partial charge on any atom is -0.381 e. The summed E-state index contributed by atoms with van der Waals surface area (Å²) in [5.41, 5.74) is 3.40. The molecule has 2 aromatic heterocycles. The van der Waals surface area contributed by atoms with Gasteiger partial charge in [0, 0.05) is 31.4 Å². The number of hydrogen-bond acceptors (Lipinski definition) is 4. The van der Waals surface area contributed by atoms with E-state index in [9.17, 15) is 0 Å². The van der Waals surface area contributed by atoms with Gasteiger partial charge in [-0.2, -0.15) is 0 Å². The number of aromatic amines is 1. The van der Waals surface area contributed by atoms with Crippen LogP contribution in [0.25, 0.3) is 11.2 Å². The maximum atomic E-state index is 5.46. The first-order valence-corrected chi connectivity index (χ1v) is 8.47. The number of nitrogens with zero attached hydrogens (tertiary/aromatic N) is 2. The lowest BCUT2D eigenvalue weighted by atomic mass is 9.87. The number of pyridine rings is 1. The molecule has 0 aliphatic carbocycles. The van der Waals surface area contributed by atoms with Gasteiger partial charge in [0.2, 0.25) is 0 Å². The minimum absolute atomic E-state index is 0.489. The Bertz CT molecular complexity index is 647. The number of piperidine rings is 1. The van der Waals surface area contributed by atoms with Crippen LogP contribution in [-0.2, 0) is 4.74 Å². The van der Waals surface area contributed by atoms with Crippen LogP contribution < -0.4 is 5.32 Å². The SMILES string of the molecule is CC1CC(c2ccnc3[nH]c(C4CCOCC4)nc23)CCN1. The van der Waals surface area contributed by atoms with Crippen molar-refractivity contribution in [3.8, 4) is 0 Å². The van der Waals surface area contributed by atoms with Crippen LogP contribution in [0.15, 0.2) is 12.3 Å². The van der Waals surface area contributed by atoms with Gasteiger partial charge in [-0.1, -0.05) is 0 Å². The van der Waals surface area contributed by atoms with E-state index in [2.05, 4.69) is 28.3 Å². The van der Waals surface area contributed by atoms with Gasteiger partial charge in [-0.15, -0.1) is 0 Å². The van der Waals surface area contributed by atoms with E-state index in [0.29, 0.717) is 17.9 Å². The van der Waals surface area contributed by atoms with Gasteiger partial charge in [0.05, 0.1) is 0 Å². The fourth-order valence-electron chi connectivity index (χ4n) is 3.86. The first-order chi connectivity index (χ1) is 10.8. The Morgan fingerprint density at radius 2 is 2.05 bits per heavy atom. The van der Waals surface area contributed by atoms with Gasteiger partial charge < -0.3 is 15.0 Å². The molecule has 22 heavy (non-hydrogen) atoms. The summed E-state index contributed by atoms with van der Waals surface area (Å²) >= 11 is 0. The molecule has 2 unspecified atom stereocenters. The molecular formula is C17H24N4O. The van der Waals surface area contributed by atoms with Gasteiger partial charge in [-0.05, 0) is 56.7 Å². The van der Waals surface area contributed by atoms with Crippen molar-refractivity contribution in [2.24, 2.45) is 0 Å². The predicted molar refractivity (Wildman–Crippen MR) is 86.1 cm³/mol. The zero-order valence-corrected chi connectivity index (χ0v) is 13.1. The fraction of sp³-hybridized carbons (Fsp3) is 0.647. The number of aromatic nitrogens is 3. The highest BCUT2D eigenvalue weighted by Gasteiger charge is 2.25. The second-order valence-corrected chi connectivity index (χ2v) is 6.68. The molecule has 118 valence electrons. The monoisotopic (exact) mass is 300 g/mol. The average Bonchev–Trinajstić information content (AvgIpc) is 3.00. The van der Waals surface area contributed by atoms with E-state index in [1.807, 2.05) is 6.20 Å². The Balaban J connectivity index is 1.68. The van der Waals surface area contributed by atoms with E-state index in [-0.39, 0.29) is 0 Å². The lowest BCUT2D eigenvalue weighted by Gasteiger charge is -2.28. The van der Waals surface area contributed by atoms with Gasteiger partial charge in [-0.25, -0.2) is 9.97 Å². The topological polar surface area (TPSA) is 62.8 Å². The third-order valence-corrected chi connectivity index (χ3v) is 5.11. The normalized spacial score (nSPS) is 27.3. The third kappa shape index (κ3) is 2.63. The lowest BCUT2D eigenvalue weighted by molar-refractivity contribution is 0.0838. The molecule has 0 amide bonds. The first-order valence-electron chi connectivity index (χ1n) is 8.47. The number of imidazole rings is 1. The zero-order chi connectivity index (χ0) is 14.9. The summed E-state index contributed by atoms with van der Waals surface area (Å²) in [4.78, 5) is 12.9. The largest absolute Gasteiger partial charge is 0.381 e. The van der Waals surface area contributed by atoms with Crippen molar-refractivity contribution in [2.45, 2.75) is 50.5 Å². The molecule has 0 bridgehead atoms. The summed E-state index contributed by atoms with van der Waals surface area (Å²) < 4.78 is 5.46. The van der Waals surface area contributed by atoms with E-state index in [0.717, 1.165) is 49.6 Å². The second-order valence-electron chi connectivity index (χ2n) is 6.68. The maximum absolute atomic E-state index is 5.46. The molecule has 5 heteroatoms. The number of rotatable bonds is 2. The Kier molecular flexibility index (Phi) is 3.84.